The van der Waals surface area contributed by atoms with E-state index in [4.69, 9.17) is 9.72 Å². The van der Waals surface area contributed by atoms with Crippen LogP contribution in [0, 0.1) is 0 Å². The van der Waals surface area contributed by atoms with Crippen LogP contribution < -0.4 is 0 Å². The van der Waals surface area contributed by atoms with Gasteiger partial charge in [0.1, 0.15) is 0 Å². The third-order valence-corrected chi connectivity index (χ3v) is 6.49. The Morgan fingerprint density at radius 2 is 1.79 bits per heavy atom. The van der Waals surface area contributed by atoms with Crippen molar-refractivity contribution >= 4 is 11.8 Å². The van der Waals surface area contributed by atoms with Crippen LogP contribution in [0.3, 0.4) is 0 Å². The molecule has 1 atom stereocenters. The standard InChI is InChI=1S/C23H25N3OS/c1-3-7-18(8-4-1)15-20-16-25(11-13-27-20)17-21-22(19-9-5-2-6-10-19)24-23-26(21)12-14-28-23/h1-10,20H,11-17H2. The summed E-state index contributed by atoms with van der Waals surface area (Å²) >= 11 is 1.87. The summed E-state index contributed by atoms with van der Waals surface area (Å²) in [7, 11) is 0. The summed E-state index contributed by atoms with van der Waals surface area (Å²) in [6, 6.07) is 21.3. The molecule has 28 heavy (non-hydrogen) atoms. The number of imidazole rings is 1. The van der Waals surface area contributed by atoms with Crippen LogP contribution >= 0.6 is 11.8 Å². The van der Waals surface area contributed by atoms with Crippen molar-refractivity contribution in [3.8, 4) is 11.3 Å². The van der Waals surface area contributed by atoms with Crippen LogP contribution in [-0.4, -0.2) is 46.0 Å². The first-order valence-corrected chi connectivity index (χ1v) is 11.0. The second kappa shape index (κ2) is 8.11. The van der Waals surface area contributed by atoms with Gasteiger partial charge in [-0.05, 0) is 12.0 Å². The number of fused-ring (bicyclic) bond motifs is 1. The Labute approximate surface area is 170 Å². The zero-order valence-electron chi connectivity index (χ0n) is 16.0. The fraction of sp³-hybridized carbons (Fsp3) is 0.348. The average Bonchev–Trinajstić information content (AvgIpc) is 3.33. The number of thioether (sulfide) groups is 1. The molecule has 1 fully saturated rings. The Bertz CT molecular complexity index is 926. The quantitative estimate of drug-likeness (QED) is 0.655. The number of rotatable bonds is 5. The highest BCUT2D eigenvalue weighted by molar-refractivity contribution is 7.99. The number of hydrogen-bond acceptors (Lipinski definition) is 4. The van der Waals surface area contributed by atoms with Crippen molar-refractivity contribution in [2.24, 2.45) is 0 Å². The zero-order chi connectivity index (χ0) is 18.8. The van der Waals surface area contributed by atoms with Crippen molar-refractivity contribution in [3.63, 3.8) is 0 Å². The molecule has 2 aliphatic heterocycles. The summed E-state index contributed by atoms with van der Waals surface area (Å²) in [5.41, 5.74) is 5.07. The second-order valence-corrected chi connectivity index (χ2v) is 8.54. The molecule has 2 aliphatic rings. The van der Waals surface area contributed by atoms with Crippen LogP contribution in [0.2, 0.25) is 0 Å². The SMILES string of the molecule is c1ccc(CC2CN(Cc3c(-c4ccccc4)nc4n3CCS4)CCO2)cc1. The van der Waals surface area contributed by atoms with E-state index in [2.05, 4.69) is 70.1 Å². The Morgan fingerprint density at radius 3 is 2.61 bits per heavy atom. The van der Waals surface area contributed by atoms with E-state index in [1.807, 2.05) is 11.8 Å². The molecule has 2 aromatic carbocycles. The molecule has 3 heterocycles. The predicted molar refractivity (Wildman–Crippen MR) is 114 cm³/mol. The van der Waals surface area contributed by atoms with Gasteiger partial charge in [-0.25, -0.2) is 4.98 Å². The topological polar surface area (TPSA) is 30.3 Å². The molecule has 5 heteroatoms. The molecule has 1 aromatic heterocycles. The van der Waals surface area contributed by atoms with Crippen LogP contribution in [0.5, 0.6) is 0 Å². The average molecular weight is 392 g/mol. The zero-order valence-corrected chi connectivity index (χ0v) is 16.8. The lowest BCUT2D eigenvalue weighted by atomic mass is 10.1. The molecule has 5 rings (SSSR count). The van der Waals surface area contributed by atoms with E-state index in [1.54, 1.807) is 0 Å². The van der Waals surface area contributed by atoms with Gasteiger partial charge in [-0.2, -0.15) is 0 Å². The maximum atomic E-state index is 6.07. The number of morpholine rings is 1. The third kappa shape index (κ3) is 3.75. The van der Waals surface area contributed by atoms with Crippen molar-refractivity contribution in [3.05, 3.63) is 71.9 Å². The molecule has 0 bridgehead atoms. The number of benzene rings is 2. The lowest BCUT2D eigenvalue weighted by Gasteiger charge is -2.33. The maximum Gasteiger partial charge on any atom is 0.168 e. The summed E-state index contributed by atoms with van der Waals surface area (Å²) < 4.78 is 8.50. The summed E-state index contributed by atoms with van der Waals surface area (Å²) in [4.78, 5) is 7.52. The molecule has 1 saturated heterocycles. The molecular formula is C23H25N3OS. The molecule has 3 aromatic rings. The van der Waals surface area contributed by atoms with E-state index in [0.29, 0.717) is 0 Å². The molecule has 0 amide bonds. The van der Waals surface area contributed by atoms with Gasteiger partial charge in [-0.3, -0.25) is 4.90 Å². The highest BCUT2D eigenvalue weighted by Crippen LogP contribution is 2.34. The lowest BCUT2D eigenvalue weighted by molar-refractivity contribution is -0.0311. The monoisotopic (exact) mass is 391 g/mol. The van der Waals surface area contributed by atoms with Gasteiger partial charge in [0.05, 0.1) is 24.1 Å². The van der Waals surface area contributed by atoms with Crippen molar-refractivity contribution < 1.29 is 4.74 Å². The number of ether oxygens (including phenoxy) is 1. The van der Waals surface area contributed by atoms with Crippen LogP contribution in [0.25, 0.3) is 11.3 Å². The van der Waals surface area contributed by atoms with Crippen LogP contribution in [0.4, 0.5) is 0 Å². The van der Waals surface area contributed by atoms with Gasteiger partial charge < -0.3 is 9.30 Å². The molecule has 0 saturated carbocycles. The molecule has 0 radical (unpaired) electrons. The van der Waals surface area contributed by atoms with Crippen molar-refractivity contribution in [1.82, 2.24) is 14.5 Å². The van der Waals surface area contributed by atoms with E-state index in [0.717, 1.165) is 50.7 Å². The normalized spacial score (nSPS) is 19.6. The fourth-order valence-electron chi connectivity index (χ4n) is 4.16. The Hall–Kier alpha value is -2.08. The van der Waals surface area contributed by atoms with Gasteiger partial charge >= 0.3 is 0 Å². The smallest absolute Gasteiger partial charge is 0.168 e. The minimum atomic E-state index is 0.256. The van der Waals surface area contributed by atoms with Crippen molar-refractivity contribution in [2.75, 3.05) is 25.4 Å². The van der Waals surface area contributed by atoms with Gasteiger partial charge in [0, 0.05) is 37.5 Å². The molecule has 1 unspecified atom stereocenters. The Morgan fingerprint density at radius 1 is 1.00 bits per heavy atom. The minimum absolute atomic E-state index is 0.256. The van der Waals surface area contributed by atoms with Gasteiger partial charge in [-0.15, -0.1) is 0 Å². The summed E-state index contributed by atoms with van der Waals surface area (Å²) in [5.74, 6) is 1.13. The van der Waals surface area contributed by atoms with E-state index < -0.39 is 0 Å². The summed E-state index contributed by atoms with van der Waals surface area (Å²) in [6.45, 7) is 4.75. The highest BCUT2D eigenvalue weighted by atomic mass is 32.2. The molecular weight excluding hydrogens is 366 g/mol. The first kappa shape index (κ1) is 18.0. The van der Waals surface area contributed by atoms with Crippen LogP contribution in [-0.2, 0) is 24.2 Å². The Kier molecular flexibility index (Phi) is 5.21. The number of hydrogen-bond donors (Lipinski definition) is 0. The first-order chi connectivity index (χ1) is 13.9. The Balaban J connectivity index is 1.36. The molecule has 144 valence electrons. The van der Waals surface area contributed by atoms with E-state index >= 15 is 0 Å². The molecule has 0 N–H and O–H groups in total. The summed E-state index contributed by atoms with van der Waals surface area (Å²) in [6.07, 6.45) is 1.23. The first-order valence-electron chi connectivity index (χ1n) is 10.0. The summed E-state index contributed by atoms with van der Waals surface area (Å²) in [5, 5.41) is 1.17. The van der Waals surface area contributed by atoms with Gasteiger partial charge in [-0.1, -0.05) is 72.4 Å². The largest absolute Gasteiger partial charge is 0.375 e. The number of aromatic nitrogens is 2. The van der Waals surface area contributed by atoms with Crippen molar-refractivity contribution in [1.29, 1.82) is 0 Å². The fourth-order valence-corrected chi connectivity index (χ4v) is 5.13. The van der Waals surface area contributed by atoms with E-state index in [1.165, 1.54) is 22.0 Å². The highest BCUT2D eigenvalue weighted by Gasteiger charge is 2.27. The molecule has 0 aliphatic carbocycles. The molecule has 4 nitrogen and oxygen atoms in total. The lowest BCUT2D eigenvalue weighted by Crippen LogP contribution is -2.43. The van der Waals surface area contributed by atoms with Gasteiger partial charge in [0.2, 0.25) is 0 Å². The van der Waals surface area contributed by atoms with E-state index in [9.17, 15) is 0 Å². The predicted octanol–water partition coefficient (Wildman–Crippen LogP) is 4.10. The minimum Gasteiger partial charge on any atom is -0.375 e. The van der Waals surface area contributed by atoms with Crippen LogP contribution in [0.15, 0.2) is 65.8 Å². The van der Waals surface area contributed by atoms with E-state index in [-0.39, 0.29) is 6.10 Å². The third-order valence-electron chi connectivity index (χ3n) is 5.53. The van der Waals surface area contributed by atoms with Gasteiger partial charge in [0.25, 0.3) is 0 Å². The number of nitrogens with zero attached hydrogens (tertiary/aromatic N) is 3. The van der Waals surface area contributed by atoms with Gasteiger partial charge in [0.15, 0.2) is 5.16 Å². The van der Waals surface area contributed by atoms with Crippen LogP contribution in [0.1, 0.15) is 11.3 Å². The second-order valence-electron chi connectivity index (χ2n) is 7.47. The maximum absolute atomic E-state index is 6.07. The van der Waals surface area contributed by atoms with Crippen molar-refractivity contribution in [2.45, 2.75) is 30.8 Å². The molecule has 0 spiro atoms.